The number of para-hydroxylation sites is 4. The van der Waals surface area contributed by atoms with Gasteiger partial charge in [0.15, 0.2) is 0 Å². The van der Waals surface area contributed by atoms with Crippen molar-refractivity contribution in [3.63, 3.8) is 0 Å². The fourth-order valence-corrected chi connectivity index (χ4v) is 14.0. The lowest BCUT2D eigenvalue weighted by Crippen LogP contribution is -1.93. The van der Waals surface area contributed by atoms with Crippen LogP contribution in [0.15, 0.2) is 226 Å². The van der Waals surface area contributed by atoms with Gasteiger partial charge in [0, 0.05) is 91.1 Å². The van der Waals surface area contributed by atoms with Gasteiger partial charge in [-0.05, 0) is 115 Å². The molecule has 18 rings (SSSR count). The quantitative estimate of drug-likeness (QED) is 0.177. The highest BCUT2D eigenvalue weighted by molar-refractivity contribution is 7.26. The van der Waals surface area contributed by atoms with E-state index in [-0.39, 0.29) is 0 Å². The minimum Gasteiger partial charge on any atom is -0.456 e. The van der Waals surface area contributed by atoms with E-state index in [0.29, 0.717) is 0 Å². The van der Waals surface area contributed by atoms with Crippen molar-refractivity contribution < 1.29 is 13.3 Å². The zero-order chi connectivity index (χ0) is 47.2. The van der Waals surface area contributed by atoms with Crippen molar-refractivity contribution in [3.8, 4) is 17.1 Å². The highest BCUT2D eigenvalue weighted by Crippen LogP contribution is 2.47. The van der Waals surface area contributed by atoms with E-state index < -0.39 is 0 Å². The molecule has 18 aromatic rings. The van der Waals surface area contributed by atoms with Crippen LogP contribution in [0.2, 0.25) is 0 Å². The number of fused-ring (bicyclic) bond motifs is 24. The highest BCUT2D eigenvalue weighted by Gasteiger charge is 2.24. The second kappa shape index (κ2) is 13.6. The fourth-order valence-electron chi connectivity index (χ4n) is 12.7. The van der Waals surface area contributed by atoms with Crippen LogP contribution in [0.1, 0.15) is 0 Å². The summed E-state index contributed by atoms with van der Waals surface area (Å²) in [5.74, 6) is 0. The Labute approximate surface area is 416 Å². The first-order valence-electron chi connectivity index (χ1n) is 24.7. The SMILES string of the molecule is c1ccc2c(c1)oc1ccc(-n3c4ccccc4c4c5oc6ccc(-n7c8ccccc8c8c9oc%10ccc(-n%11c%12ccccc%12c%12c%13sc%14ccccc%14c%13ccc%12%11)cc%10c9ccc87)cc6c5ccc43)cc12. The van der Waals surface area contributed by atoms with Gasteiger partial charge < -0.3 is 27.0 Å². The normalized spacial score (nSPS) is 12.7. The van der Waals surface area contributed by atoms with E-state index in [0.717, 1.165) is 126 Å². The van der Waals surface area contributed by atoms with Gasteiger partial charge in [0.05, 0.1) is 43.9 Å². The third-order valence-corrected chi connectivity index (χ3v) is 17.0. The van der Waals surface area contributed by atoms with Crippen molar-refractivity contribution in [2.45, 2.75) is 0 Å². The van der Waals surface area contributed by atoms with Crippen molar-refractivity contribution in [1.82, 2.24) is 13.7 Å². The zero-order valence-corrected chi connectivity index (χ0v) is 39.5. The molecule has 0 N–H and O–H groups in total. The maximum atomic E-state index is 6.98. The minimum atomic E-state index is 0.849. The molecule has 0 saturated carbocycles. The van der Waals surface area contributed by atoms with Gasteiger partial charge >= 0.3 is 0 Å². The summed E-state index contributed by atoms with van der Waals surface area (Å²) in [4.78, 5) is 0. The molecule has 7 heteroatoms. The largest absolute Gasteiger partial charge is 0.456 e. The molecule has 6 nitrogen and oxygen atoms in total. The van der Waals surface area contributed by atoms with Gasteiger partial charge in [-0.2, -0.15) is 0 Å². The van der Waals surface area contributed by atoms with E-state index in [1.165, 1.54) is 42.0 Å². The summed E-state index contributed by atoms with van der Waals surface area (Å²) in [6.45, 7) is 0. The molecule has 7 heterocycles. The molecule has 0 spiro atoms. The number of hydrogen-bond donors (Lipinski definition) is 0. The van der Waals surface area contributed by atoms with Gasteiger partial charge in [0.25, 0.3) is 0 Å². The maximum absolute atomic E-state index is 6.98. The lowest BCUT2D eigenvalue weighted by atomic mass is 10.1. The molecule has 338 valence electrons. The molecule has 7 aromatic heterocycles. The van der Waals surface area contributed by atoms with Crippen LogP contribution in [-0.2, 0) is 0 Å². The number of thiophene rings is 1. The standard InChI is InChI=1S/C66H35N3O3S/c1-6-16-50-44(13-1)61-53(67(50)36-21-30-57-47(33-36)39-11-4-9-19-56(39)70-57)27-24-41-48-34-37(22-31-58(48)71-64(41)61)68-51-17-7-2-14-45(51)62-54(68)28-25-42-49-35-38(23-32-59(49)72-65(42)62)69-52-18-8-3-15-46(52)63-55(69)29-26-43-40-12-5-10-20-60(40)73-66(43)63/h1-35H. The van der Waals surface area contributed by atoms with Gasteiger partial charge in [-0.1, -0.05) is 97.1 Å². The number of benzene rings is 11. The lowest BCUT2D eigenvalue weighted by Gasteiger charge is -2.08. The molecule has 0 saturated heterocycles. The van der Waals surface area contributed by atoms with Crippen molar-refractivity contribution >= 4 is 163 Å². The first-order valence-corrected chi connectivity index (χ1v) is 25.5. The summed E-state index contributed by atoms with van der Waals surface area (Å²) in [6.07, 6.45) is 0. The summed E-state index contributed by atoms with van der Waals surface area (Å²) >= 11 is 1.89. The van der Waals surface area contributed by atoms with E-state index in [1.807, 2.05) is 23.5 Å². The number of rotatable bonds is 3. The Bertz CT molecular complexity index is 5480. The van der Waals surface area contributed by atoms with Crippen molar-refractivity contribution in [3.05, 3.63) is 212 Å². The Morgan fingerprint density at radius 3 is 1.21 bits per heavy atom. The van der Waals surface area contributed by atoms with Crippen LogP contribution < -0.4 is 0 Å². The Kier molecular flexibility index (Phi) is 7.14. The Morgan fingerprint density at radius 1 is 0.260 bits per heavy atom. The van der Waals surface area contributed by atoms with Crippen LogP contribution in [0, 0.1) is 0 Å². The summed E-state index contributed by atoms with van der Waals surface area (Å²) in [6, 6.07) is 76.6. The van der Waals surface area contributed by atoms with E-state index in [2.05, 4.69) is 214 Å². The van der Waals surface area contributed by atoms with Crippen molar-refractivity contribution in [1.29, 1.82) is 0 Å². The molecule has 0 bridgehead atoms. The molecule has 0 aliphatic heterocycles. The molecule has 0 amide bonds. The third-order valence-electron chi connectivity index (χ3n) is 15.8. The average Bonchev–Trinajstić information content (AvgIpc) is 4.31. The number of hydrogen-bond acceptors (Lipinski definition) is 4. The smallest absolute Gasteiger partial charge is 0.145 e. The third kappa shape index (κ3) is 4.91. The molecule has 0 fully saturated rings. The summed E-state index contributed by atoms with van der Waals surface area (Å²) in [5.41, 5.74) is 15.3. The lowest BCUT2D eigenvalue weighted by molar-refractivity contribution is 0.669. The van der Waals surface area contributed by atoms with E-state index in [4.69, 9.17) is 13.3 Å². The molecule has 11 aromatic carbocycles. The summed E-state index contributed by atoms with van der Waals surface area (Å²) in [5, 5.41) is 16.2. The Morgan fingerprint density at radius 2 is 0.658 bits per heavy atom. The first-order chi connectivity index (χ1) is 36.2. The van der Waals surface area contributed by atoms with Gasteiger partial charge in [-0.25, -0.2) is 0 Å². The van der Waals surface area contributed by atoms with E-state index in [9.17, 15) is 0 Å². The maximum Gasteiger partial charge on any atom is 0.145 e. The van der Waals surface area contributed by atoms with Crippen LogP contribution in [0.5, 0.6) is 0 Å². The highest BCUT2D eigenvalue weighted by atomic mass is 32.1. The van der Waals surface area contributed by atoms with Crippen molar-refractivity contribution in [2.24, 2.45) is 0 Å². The summed E-state index contributed by atoms with van der Waals surface area (Å²) in [7, 11) is 0. The van der Waals surface area contributed by atoms with E-state index in [1.54, 1.807) is 0 Å². The van der Waals surface area contributed by atoms with Gasteiger partial charge in [0.2, 0.25) is 0 Å². The monoisotopic (exact) mass is 949 g/mol. The van der Waals surface area contributed by atoms with Crippen LogP contribution in [0.3, 0.4) is 0 Å². The number of furan rings is 3. The second-order valence-corrected chi connectivity index (χ2v) is 20.6. The molecule has 0 unspecified atom stereocenters. The van der Waals surface area contributed by atoms with Crippen LogP contribution in [-0.4, -0.2) is 13.7 Å². The molecule has 0 radical (unpaired) electrons. The van der Waals surface area contributed by atoms with Gasteiger partial charge in [-0.15, -0.1) is 11.3 Å². The Hall–Kier alpha value is -9.56. The fraction of sp³-hybridized carbons (Fsp3) is 0. The van der Waals surface area contributed by atoms with Gasteiger partial charge in [0.1, 0.15) is 33.5 Å². The first kappa shape index (κ1) is 38.2. The van der Waals surface area contributed by atoms with Crippen molar-refractivity contribution in [2.75, 3.05) is 0 Å². The molecule has 0 atom stereocenters. The van der Waals surface area contributed by atoms with Crippen LogP contribution in [0.4, 0.5) is 0 Å². The number of aromatic nitrogens is 3. The average molecular weight is 950 g/mol. The Balaban J connectivity index is 0.813. The molecule has 0 aliphatic rings. The van der Waals surface area contributed by atoms with Crippen LogP contribution in [0.25, 0.3) is 168 Å². The second-order valence-electron chi connectivity index (χ2n) is 19.5. The summed E-state index contributed by atoms with van der Waals surface area (Å²) < 4.78 is 30.0. The predicted octanol–water partition coefficient (Wildman–Crippen LogP) is 19.0. The predicted molar refractivity (Wildman–Crippen MR) is 304 cm³/mol. The molecule has 0 aliphatic carbocycles. The topological polar surface area (TPSA) is 54.2 Å². The van der Waals surface area contributed by atoms with E-state index >= 15 is 0 Å². The number of nitrogens with zero attached hydrogens (tertiary/aromatic N) is 3. The minimum absolute atomic E-state index is 0.849. The molecular weight excluding hydrogens is 915 g/mol. The van der Waals surface area contributed by atoms with Gasteiger partial charge in [-0.3, -0.25) is 0 Å². The molecule has 73 heavy (non-hydrogen) atoms. The van der Waals surface area contributed by atoms with Crippen LogP contribution >= 0.6 is 11.3 Å². The zero-order valence-electron chi connectivity index (χ0n) is 38.7. The molecular formula is C66H35N3O3S.